The van der Waals surface area contributed by atoms with Gasteiger partial charge in [-0.2, -0.15) is 0 Å². The summed E-state index contributed by atoms with van der Waals surface area (Å²) in [4.78, 5) is 35.5. The fourth-order valence-electron chi connectivity index (χ4n) is 2.63. The third-order valence-corrected chi connectivity index (χ3v) is 5.37. The zero-order valence-electron chi connectivity index (χ0n) is 16.4. The average Bonchev–Trinajstić information content (AvgIpc) is 2.75. The van der Waals surface area contributed by atoms with Gasteiger partial charge in [-0.25, -0.2) is 4.39 Å². The summed E-state index contributed by atoms with van der Waals surface area (Å²) < 4.78 is 13.7. The molecule has 0 aliphatic rings. The van der Waals surface area contributed by atoms with E-state index in [9.17, 15) is 24.1 Å². The van der Waals surface area contributed by atoms with Crippen molar-refractivity contribution in [2.45, 2.75) is 17.1 Å². The van der Waals surface area contributed by atoms with Gasteiger partial charge in [-0.15, -0.1) is 11.8 Å². The van der Waals surface area contributed by atoms with Crippen molar-refractivity contribution in [2.24, 2.45) is 0 Å². The molecule has 3 aromatic rings. The number of hydrogen-bond donors (Lipinski definition) is 2. The third-order valence-electron chi connectivity index (χ3n) is 4.26. The number of halogens is 1. The fourth-order valence-corrected chi connectivity index (χ4v) is 3.50. The maximum atomic E-state index is 13.7. The number of nitro groups is 1. The molecule has 0 aromatic heterocycles. The Morgan fingerprint density at radius 2 is 1.52 bits per heavy atom. The molecule has 0 saturated heterocycles. The topological polar surface area (TPSA) is 101 Å². The molecule has 0 fully saturated rings. The van der Waals surface area contributed by atoms with E-state index in [-0.39, 0.29) is 17.2 Å². The highest BCUT2D eigenvalue weighted by molar-refractivity contribution is 8.00. The van der Waals surface area contributed by atoms with E-state index in [1.807, 2.05) is 0 Å². The monoisotopic (exact) mass is 439 g/mol. The summed E-state index contributed by atoms with van der Waals surface area (Å²) >= 11 is 1.31. The van der Waals surface area contributed by atoms with E-state index in [0.717, 1.165) is 4.90 Å². The molecule has 0 bridgehead atoms. The number of non-ortho nitro benzene ring substituents is 1. The number of nitrogens with one attached hydrogen (secondary N) is 2. The quantitative estimate of drug-likeness (QED) is 0.303. The van der Waals surface area contributed by atoms with Gasteiger partial charge in [-0.1, -0.05) is 12.1 Å². The van der Waals surface area contributed by atoms with Crippen LogP contribution in [-0.4, -0.2) is 22.0 Å². The van der Waals surface area contributed by atoms with Crippen molar-refractivity contribution in [1.82, 2.24) is 0 Å². The molecule has 2 N–H and O–H groups in total. The van der Waals surface area contributed by atoms with Crippen LogP contribution < -0.4 is 10.6 Å². The van der Waals surface area contributed by atoms with Crippen LogP contribution in [0.5, 0.6) is 0 Å². The lowest BCUT2D eigenvalue weighted by Gasteiger charge is -2.12. The smallest absolute Gasteiger partial charge is 0.269 e. The minimum absolute atomic E-state index is 0.0440. The van der Waals surface area contributed by atoms with E-state index in [0.29, 0.717) is 11.4 Å². The van der Waals surface area contributed by atoms with Crippen LogP contribution in [0.25, 0.3) is 0 Å². The second-order valence-corrected chi connectivity index (χ2v) is 7.93. The summed E-state index contributed by atoms with van der Waals surface area (Å²) in [5.74, 6) is -1.40. The first-order chi connectivity index (χ1) is 14.8. The van der Waals surface area contributed by atoms with Gasteiger partial charge in [-0.3, -0.25) is 19.7 Å². The fraction of sp³-hybridized carbons (Fsp3) is 0.0909. The zero-order chi connectivity index (χ0) is 22.4. The summed E-state index contributed by atoms with van der Waals surface area (Å²) in [5, 5.41) is 15.6. The van der Waals surface area contributed by atoms with Crippen LogP contribution in [-0.2, 0) is 4.79 Å². The molecule has 0 radical (unpaired) electrons. The second-order valence-electron chi connectivity index (χ2n) is 6.51. The average molecular weight is 439 g/mol. The summed E-state index contributed by atoms with van der Waals surface area (Å²) in [6.45, 7) is 1.74. The van der Waals surface area contributed by atoms with Crippen LogP contribution in [0.2, 0.25) is 0 Å². The van der Waals surface area contributed by atoms with Crippen molar-refractivity contribution in [3.8, 4) is 0 Å². The van der Waals surface area contributed by atoms with Crippen molar-refractivity contribution in [1.29, 1.82) is 0 Å². The zero-order valence-corrected chi connectivity index (χ0v) is 17.2. The highest BCUT2D eigenvalue weighted by Gasteiger charge is 2.16. The van der Waals surface area contributed by atoms with Crippen molar-refractivity contribution < 1.29 is 18.9 Å². The van der Waals surface area contributed by atoms with Crippen LogP contribution in [0.4, 0.5) is 21.5 Å². The number of nitrogens with zero attached hydrogens (tertiary/aromatic N) is 1. The standard InChI is InChI=1S/C22H18FN3O4S/c1-14(21(27)24-15-6-10-17(11-7-15)26(29)30)31-18-12-8-16(9-13-18)25-22(28)19-4-2-3-5-20(19)23/h2-14H,1H3,(H,24,27)(H,25,28). The number of rotatable bonds is 7. The molecule has 0 aliphatic carbocycles. The second kappa shape index (κ2) is 9.86. The lowest BCUT2D eigenvalue weighted by Crippen LogP contribution is -2.22. The first-order valence-corrected chi connectivity index (χ1v) is 10.1. The van der Waals surface area contributed by atoms with Gasteiger partial charge in [-0.05, 0) is 55.5 Å². The number of anilines is 2. The van der Waals surface area contributed by atoms with Crippen molar-refractivity contribution >= 4 is 40.6 Å². The molecular weight excluding hydrogens is 421 g/mol. The van der Waals surface area contributed by atoms with Gasteiger partial charge in [0.2, 0.25) is 5.91 Å². The van der Waals surface area contributed by atoms with Gasteiger partial charge in [0.15, 0.2) is 0 Å². The summed E-state index contributed by atoms with van der Waals surface area (Å²) in [6.07, 6.45) is 0. The van der Waals surface area contributed by atoms with E-state index in [2.05, 4.69) is 10.6 Å². The molecule has 3 aromatic carbocycles. The van der Waals surface area contributed by atoms with E-state index >= 15 is 0 Å². The SMILES string of the molecule is CC(Sc1ccc(NC(=O)c2ccccc2F)cc1)C(=O)Nc1ccc([N+](=O)[O-])cc1. The Morgan fingerprint density at radius 1 is 0.935 bits per heavy atom. The summed E-state index contributed by atoms with van der Waals surface area (Å²) in [7, 11) is 0. The highest BCUT2D eigenvalue weighted by atomic mass is 32.2. The molecule has 1 atom stereocenters. The van der Waals surface area contributed by atoms with E-state index < -0.39 is 21.9 Å². The first kappa shape index (κ1) is 22.0. The molecule has 31 heavy (non-hydrogen) atoms. The van der Waals surface area contributed by atoms with Gasteiger partial charge >= 0.3 is 0 Å². The largest absolute Gasteiger partial charge is 0.325 e. The Kier molecular flexibility index (Phi) is 6.99. The Bertz CT molecular complexity index is 1100. The van der Waals surface area contributed by atoms with Crippen LogP contribution in [0.1, 0.15) is 17.3 Å². The lowest BCUT2D eigenvalue weighted by molar-refractivity contribution is -0.384. The number of carbonyl (C=O) groups excluding carboxylic acids is 2. The van der Waals surface area contributed by atoms with Crippen LogP contribution in [0.3, 0.4) is 0 Å². The number of nitro benzene ring substituents is 1. The van der Waals surface area contributed by atoms with Crippen LogP contribution >= 0.6 is 11.8 Å². The molecule has 9 heteroatoms. The number of amides is 2. The molecule has 0 aliphatic heterocycles. The Hall–Kier alpha value is -3.72. The lowest BCUT2D eigenvalue weighted by atomic mass is 10.2. The first-order valence-electron chi connectivity index (χ1n) is 9.21. The molecule has 0 saturated carbocycles. The normalized spacial score (nSPS) is 11.4. The molecular formula is C22H18FN3O4S. The Morgan fingerprint density at radius 3 is 2.13 bits per heavy atom. The van der Waals surface area contributed by atoms with Crippen molar-refractivity contribution in [3.05, 3.63) is 94.3 Å². The summed E-state index contributed by atoms with van der Waals surface area (Å²) in [5.41, 5.74) is 0.870. The predicted molar refractivity (Wildman–Crippen MR) is 118 cm³/mol. The molecule has 7 nitrogen and oxygen atoms in total. The van der Waals surface area contributed by atoms with Crippen molar-refractivity contribution in [2.75, 3.05) is 10.6 Å². The van der Waals surface area contributed by atoms with Gasteiger partial charge < -0.3 is 10.6 Å². The predicted octanol–water partition coefficient (Wildman–Crippen LogP) is 5.11. The maximum Gasteiger partial charge on any atom is 0.269 e. The number of carbonyl (C=O) groups is 2. The van der Waals surface area contributed by atoms with E-state index in [1.54, 1.807) is 37.3 Å². The minimum atomic E-state index is -0.597. The number of thioether (sulfide) groups is 1. The molecule has 0 spiro atoms. The number of benzene rings is 3. The van der Waals surface area contributed by atoms with Gasteiger partial charge in [0.05, 0.1) is 15.7 Å². The minimum Gasteiger partial charge on any atom is -0.325 e. The van der Waals surface area contributed by atoms with E-state index in [1.165, 1.54) is 54.2 Å². The molecule has 2 amide bonds. The molecule has 1 unspecified atom stereocenters. The molecule has 3 rings (SSSR count). The van der Waals surface area contributed by atoms with Crippen LogP contribution in [0, 0.1) is 15.9 Å². The number of hydrogen-bond acceptors (Lipinski definition) is 5. The third kappa shape index (κ3) is 5.89. The van der Waals surface area contributed by atoms with Gasteiger partial charge in [0.1, 0.15) is 5.82 Å². The van der Waals surface area contributed by atoms with Gasteiger partial charge in [0, 0.05) is 28.4 Å². The molecule has 0 heterocycles. The molecule has 158 valence electrons. The van der Waals surface area contributed by atoms with Gasteiger partial charge in [0.25, 0.3) is 11.6 Å². The highest BCUT2D eigenvalue weighted by Crippen LogP contribution is 2.26. The Balaban J connectivity index is 1.56. The van der Waals surface area contributed by atoms with Crippen LogP contribution in [0.15, 0.2) is 77.7 Å². The summed E-state index contributed by atoms with van der Waals surface area (Å²) in [6, 6.07) is 18.1. The van der Waals surface area contributed by atoms with Crippen molar-refractivity contribution in [3.63, 3.8) is 0 Å². The maximum absolute atomic E-state index is 13.7. The van der Waals surface area contributed by atoms with E-state index in [4.69, 9.17) is 0 Å². The Labute approximate surface area is 181 Å².